The Morgan fingerprint density at radius 1 is 0.978 bits per heavy atom. The highest BCUT2D eigenvalue weighted by Gasteiger charge is 2.46. The Bertz CT molecular complexity index is 1530. The van der Waals surface area contributed by atoms with Crippen molar-refractivity contribution in [2.24, 2.45) is 0 Å². The van der Waals surface area contributed by atoms with E-state index in [0.29, 0.717) is 61.2 Å². The van der Waals surface area contributed by atoms with Gasteiger partial charge in [-0.2, -0.15) is 0 Å². The molecule has 2 aliphatic rings. The van der Waals surface area contributed by atoms with E-state index in [-0.39, 0.29) is 17.4 Å². The fourth-order valence-corrected chi connectivity index (χ4v) is 5.85. The van der Waals surface area contributed by atoms with Crippen molar-refractivity contribution in [3.05, 3.63) is 94.6 Å². The summed E-state index contributed by atoms with van der Waals surface area (Å²) in [5.74, 6) is 0.0964. The second-order valence-corrected chi connectivity index (χ2v) is 11.6. The largest absolute Gasteiger partial charge is 0.507 e. The molecule has 45 heavy (non-hydrogen) atoms. The first-order valence-corrected chi connectivity index (χ1v) is 15.5. The molecule has 1 amide bonds. The van der Waals surface area contributed by atoms with E-state index in [2.05, 4.69) is 4.90 Å². The van der Waals surface area contributed by atoms with Crippen LogP contribution in [-0.2, 0) is 20.9 Å². The lowest BCUT2D eigenvalue weighted by Gasteiger charge is -2.29. The highest BCUT2D eigenvalue weighted by atomic mass is 16.5. The summed E-state index contributed by atoms with van der Waals surface area (Å²) >= 11 is 0. The highest BCUT2D eigenvalue weighted by molar-refractivity contribution is 6.46. The zero-order valence-electron chi connectivity index (χ0n) is 26.5. The summed E-state index contributed by atoms with van der Waals surface area (Å²) in [5.41, 5.74) is 2.90. The molecule has 2 heterocycles. The predicted octanol–water partition coefficient (Wildman–Crippen LogP) is 5.51. The topological polar surface area (TPSA) is 97.8 Å². The molecule has 9 nitrogen and oxygen atoms in total. The Balaban J connectivity index is 1.50. The number of aliphatic hydroxyl groups is 1. The van der Waals surface area contributed by atoms with Gasteiger partial charge >= 0.3 is 0 Å². The van der Waals surface area contributed by atoms with Crippen LogP contribution in [0.1, 0.15) is 48.6 Å². The van der Waals surface area contributed by atoms with Gasteiger partial charge in [-0.3, -0.25) is 14.5 Å². The van der Waals surface area contributed by atoms with Crippen LogP contribution in [0.5, 0.6) is 17.2 Å². The molecule has 1 N–H and O–H groups in total. The molecule has 0 spiro atoms. The van der Waals surface area contributed by atoms with Gasteiger partial charge in [-0.05, 0) is 74.2 Å². The monoisotopic (exact) mass is 614 g/mol. The highest BCUT2D eigenvalue weighted by Crippen LogP contribution is 2.42. The molecule has 0 saturated carbocycles. The Hall–Kier alpha value is -4.34. The van der Waals surface area contributed by atoms with Gasteiger partial charge < -0.3 is 29.0 Å². The number of hydrogen-bond donors (Lipinski definition) is 1. The first-order chi connectivity index (χ1) is 21.8. The lowest BCUT2D eigenvalue weighted by Crippen LogP contribution is -2.39. The van der Waals surface area contributed by atoms with Crippen molar-refractivity contribution in [3.63, 3.8) is 0 Å². The number of rotatable bonds is 12. The summed E-state index contributed by atoms with van der Waals surface area (Å²) in [7, 11) is 1.55. The SMILES string of the molecule is COc1cc(C2/C(=C(\O)c3ccc(OC(C)C)cc3C)C(=O)C(=O)N2CCCN2CCOCC2)ccc1OCc1ccccc1. The van der Waals surface area contributed by atoms with Gasteiger partial charge in [0.05, 0.1) is 38.0 Å². The number of methoxy groups -OCH3 is 1. The molecule has 0 aliphatic carbocycles. The molecule has 2 saturated heterocycles. The number of likely N-dealkylation sites (tertiary alicyclic amines) is 1. The van der Waals surface area contributed by atoms with Gasteiger partial charge in [-0.25, -0.2) is 0 Å². The van der Waals surface area contributed by atoms with Crippen molar-refractivity contribution in [1.29, 1.82) is 0 Å². The Kier molecular flexibility index (Phi) is 10.4. The van der Waals surface area contributed by atoms with Crippen molar-refractivity contribution in [2.75, 3.05) is 46.5 Å². The van der Waals surface area contributed by atoms with Crippen molar-refractivity contribution in [2.45, 2.75) is 45.9 Å². The maximum absolute atomic E-state index is 13.7. The van der Waals surface area contributed by atoms with Crippen LogP contribution in [0, 0.1) is 6.92 Å². The van der Waals surface area contributed by atoms with Crippen LogP contribution in [0.2, 0.25) is 0 Å². The van der Waals surface area contributed by atoms with Crippen LogP contribution in [0.4, 0.5) is 0 Å². The number of ketones is 1. The van der Waals surface area contributed by atoms with E-state index in [1.54, 1.807) is 36.3 Å². The number of nitrogens with zero attached hydrogens (tertiary/aromatic N) is 2. The lowest BCUT2D eigenvalue weighted by atomic mass is 9.93. The van der Waals surface area contributed by atoms with Crippen molar-refractivity contribution in [3.8, 4) is 17.2 Å². The van der Waals surface area contributed by atoms with Crippen LogP contribution in [0.15, 0.2) is 72.3 Å². The summed E-state index contributed by atoms with van der Waals surface area (Å²) < 4.78 is 23.1. The molecule has 0 radical (unpaired) electrons. The van der Waals surface area contributed by atoms with Gasteiger partial charge in [-0.1, -0.05) is 36.4 Å². The predicted molar refractivity (Wildman–Crippen MR) is 172 cm³/mol. The minimum Gasteiger partial charge on any atom is -0.507 e. The van der Waals surface area contributed by atoms with E-state index in [1.807, 2.05) is 63.2 Å². The molecule has 1 unspecified atom stereocenters. The summed E-state index contributed by atoms with van der Waals surface area (Å²) in [6, 6.07) is 19.7. The zero-order valence-corrected chi connectivity index (χ0v) is 26.5. The minimum absolute atomic E-state index is 0.0127. The Labute approximate surface area is 265 Å². The van der Waals surface area contributed by atoms with Crippen LogP contribution in [-0.4, -0.2) is 79.2 Å². The van der Waals surface area contributed by atoms with Gasteiger partial charge in [0.15, 0.2) is 11.5 Å². The molecule has 0 aromatic heterocycles. The third-order valence-electron chi connectivity index (χ3n) is 8.08. The number of aliphatic hydroxyl groups excluding tert-OH is 1. The third kappa shape index (κ3) is 7.49. The zero-order chi connectivity index (χ0) is 31.9. The standard InChI is InChI=1S/C36H42N2O7/c1-24(2)45-28-12-13-29(25(3)21-28)34(39)32-33(38(36(41)35(32)40)16-8-15-37-17-19-43-20-18-37)27-11-14-30(31(22-27)42-4)44-23-26-9-6-5-7-10-26/h5-7,9-14,21-22,24,33,39H,8,15-20,23H2,1-4H3/b34-32+. The quantitative estimate of drug-likeness (QED) is 0.162. The molecule has 9 heteroatoms. The lowest BCUT2D eigenvalue weighted by molar-refractivity contribution is -0.140. The van der Waals surface area contributed by atoms with Crippen molar-refractivity contribution >= 4 is 17.4 Å². The number of carbonyl (C=O) groups is 2. The van der Waals surface area contributed by atoms with Gasteiger partial charge in [-0.15, -0.1) is 0 Å². The van der Waals surface area contributed by atoms with Gasteiger partial charge in [0.25, 0.3) is 11.7 Å². The molecular weight excluding hydrogens is 572 g/mol. The Morgan fingerprint density at radius 2 is 1.73 bits per heavy atom. The van der Waals surface area contributed by atoms with Crippen molar-refractivity contribution < 1.29 is 33.6 Å². The number of amides is 1. The van der Waals surface area contributed by atoms with E-state index >= 15 is 0 Å². The van der Waals surface area contributed by atoms with E-state index < -0.39 is 17.7 Å². The molecule has 238 valence electrons. The first kappa shape index (κ1) is 32.1. The molecule has 3 aromatic carbocycles. The molecule has 0 bridgehead atoms. The van der Waals surface area contributed by atoms with E-state index in [0.717, 1.165) is 30.8 Å². The summed E-state index contributed by atoms with van der Waals surface area (Å²) in [4.78, 5) is 31.1. The maximum Gasteiger partial charge on any atom is 0.295 e. The summed E-state index contributed by atoms with van der Waals surface area (Å²) in [5, 5.41) is 11.7. The fourth-order valence-electron chi connectivity index (χ4n) is 5.85. The normalized spacial score (nSPS) is 18.4. The molecule has 1 atom stereocenters. The molecular formula is C36H42N2O7. The molecule has 2 aliphatic heterocycles. The summed E-state index contributed by atoms with van der Waals surface area (Å²) in [6.45, 7) is 10.2. The van der Waals surface area contributed by atoms with Crippen LogP contribution < -0.4 is 14.2 Å². The van der Waals surface area contributed by atoms with Crippen LogP contribution in [0.25, 0.3) is 5.76 Å². The Morgan fingerprint density at radius 3 is 2.42 bits per heavy atom. The van der Waals surface area contributed by atoms with E-state index in [1.165, 1.54) is 0 Å². The molecule has 5 rings (SSSR count). The number of benzene rings is 3. The molecule has 3 aromatic rings. The number of Topliss-reactive ketones (excluding diaryl/α,β-unsaturated/α-hetero) is 1. The number of carbonyl (C=O) groups excluding carboxylic acids is 2. The van der Waals surface area contributed by atoms with E-state index in [9.17, 15) is 14.7 Å². The van der Waals surface area contributed by atoms with Gasteiger partial charge in [0.1, 0.15) is 18.1 Å². The average Bonchev–Trinajstić information content (AvgIpc) is 3.29. The number of aryl methyl sites for hydroxylation is 1. The number of ether oxygens (including phenoxy) is 4. The fraction of sp³-hybridized carbons (Fsp3) is 0.389. The third-order valence-corrected chi connectivity index (χ3v) is 8.08. The van der Waals surface area contributed by atoms with E-state index in [4.69, 9.17) is 18.9 Å². The van der Waals surface area contributed by atoms with Crippen LogP contribution >= 0.6 is 0 Å². The second kappa shape index (κ2) is 14.6. The first-order valence-electron chi connectivity index (χ1n) is 15.5. The molecule has 2 fully saturated rings. The second-order valence-electron chi connectivity index (χ2n) is 11.6. The van der Waals surface area contributed by atoms with Gasteiger partial charge in [0, 0.05) is 31.7 Å². The number of hydrogen-bond acceptors (Lipinski definition) is 8. The number of morpholine rings is 1. The van der Waals surface area contributed by atoms with Crippen molar-refractivity contribution in [1.82, 2.24) is 9.80 Å². The van der Waals surface area contributed by atoms with Crippen LogP contribution in [0.3, 0.4) is 0 Å². The summed E-state index contributed by atoms with van der Waals surface area (Å²) in [6.07, 6.45) is 0.653. The average molecular weight is 615 g/mol. The minimum atomic E-state index is -0.808. The maximum atomic E-state index is 13.7. The van der Waals surface area contributed by atoms with Gasteiger partial charge in [0.2, 0.25) is 0 Å². The smallest absolute Gasteiger partial charge is 0.295 e.